The number of aliphatic hydroxyl groups excluding tert-OH is 1. The number of nitrogens with zero attached hydrogens (tertiary/aromatic N) is 3. The van der Waals surface area contributed by atoms with Gasteiger partial charge in [0.1, 0.15) is 5.82 Å². The van der Waals surface area contributed by atoms with Gasteiger partial charge in [-0.15, -0.1) is 0 Å². The smallest absolute Gasteiger partial charge is 0.157 e. The van der Waals surface area contributed by atoms with E-state index in [2.05, 4.69) is 22.3 Å². The third kappa shape index (κ3) is 2.49. The summed E-state index contributed by atoms with van der Waals surface area (Å²) in [5.41, 5.74) is 0.801. The van der Waals surface area contributed by atoms with E-state index in [4.69, 9.17) is 0 Å². The number of nitrogens with one attached hydrogen (secondary N) is 1. The molecule has 0 saturated carbocycles. The second-order valence-corrected chi connectivity index (χ2v) is 3.77. The summed E-state index contributed by atoms with van der Waals surface area (Å²) in [6.45, 7) is 2.59. The Bertz CT molecular complexity index is 454. The number of aliphatic hydroxyl groups is 1. The van der Waals surface area contributed by atoms with Crippen molar-refractivity contribution in [2.45, 2.75) is 25.9 Å². The number of fused-ring (bicyclic) bond motifs is 1. The van der Waals surface area contributed by atoms with Crippen LogP contribution < -0.4 is 5.32 Å². The number of aromatic nitrogens is 3. The van der Waals surface area contributed by atoms with Crippen LogP contribution in [0.4, 0.5) is 5.82 Å². The van der Waals surface area contributed by atoms with E-state index in [1.807, 2.05) is 18.3 Å². The lowest BCUT2D eigenvalue weighted by atomic mass is 10.2. The number of anilines is 1. The zero-order valence-electron chi connectivity index (χ0n) is 9.30. The summed E-state index contributed by atoms with van der Waals surface area (Å²) < 4.78 is 1.70. The molecule has 0 radical (unpaired) electrons. The Morgan fingerprint density at radius 3 is 3.19 bits per heavy atom. The van der Waals surface area contributed by atoms with Crippen LogP contribution in [0.3, 0.4) is 0 Å². The molecule has 0 amide bonds. The third-order valence-corrected chi connectivity index (χ3v) is 2.40. The highest BCUT2D eigenvalue weighted by Gasteiger charge is 2.03. The van der Waals surface area contributed by atoms with Gasteiger partial charge >= 0.3 is 0 Å². The van der Waals surface area contributed by atoms with Gasteiger partial charge < -0.3 is 10.4 Å². The van der Waals surface area contributed by atoms with Crippen molar-refractivity contribution in [1.29, 1.82) is 0 Å². The van der Waals surface area contributed by atoms with E-state index in [-0.39, 0.29) is 6.10 Å². The summed E-state index contributed by atoms with van der Waals surface area (Å²) in [7, 11) is 0. The van der Waals surface area contributed by atoms with Crippen LogP contribution in [0.5, 0.6) is 0 Å². The molecule has 0 bridgehead atoms. The molecular weight excluding hydrogens is 204 g/mol. The molecule has 1 atom stereocenters. The van der Waals surface area contributed by atoms with Crippen LogP contribution >= 0.6 is 0 Å². The first-order valence-corrected chi connectivity index (χ1v) is 5.52. The van der Waals surface area contributed by atoms with E-state index >= 15 is 0 Å². The minimum Gasteiger partial charge on any atom is -0.391 e. The molecule has 0 aliphatic heterocycles. The van der Waals surface area contributed by atoms with Gasteiger partial charge in [-0.25, -0.2) is 9.50 Å². The maximum atomic E-state index is 9.58. The molecule has 0 aliphatic carbocycles. The molecule has 2 N–H and O–H groups in total. The average molecular weight is 220 g/mol. The number of hydrogen-bond acceptors (Lipinski definition) is 4. The third-order valence-electron chi connectivity index (χ3n) is 2.40. The van der Waals surface area contributed by atoms with Crippen LogP contribution in [0.15, 0.2) is 24.5 Å². The molecule has 0 aliphatic rings. The van der Waals surface area contributed by atoms with E-state index < -0.39 is 0 Å². The number of rotatable bonds is 5. The summed E-state index contributed by atoms with van der Waals surface area (Å²) in [6.07, 6.45) is 5.03. The van der Waals surface area contributed by atoms with Crippen LogP contribution in [-0.2, 0) is 0 Å². The van der Waals surface area contributed by atoms with Gasteiger partial charge in [-0.2, -0.15) is 5.10 Å². The highest BCUT2D eigenvalue weighted by molar-refractivity contribution is 5.45. The SMILES string of the molecule is CCCC(O)CNc1ccn2nccc2n1. The van der Waals surface area contributed by atoms with Crippen molar-refractivity contribution < 1.29 is 5.11 Å². The molecular formula is C11H16N4O. The molecule has 16 heavy (non-hydrogen) atoms. The molecule has 2 rings (SSSR count). The van der Waals surface area contributed by atoms with Crippen LogP contribution in [0, 0.1) is 0 Å². The normalized spacial score (nSPS) is 12.9. The van der Waals surface area contributed by atoms with E-state index in [9.17, 15) is 5.11 Å². The van der Waals surface area contributed by atoms with Gasteiger partial charge in [-0.3, -0.25) is 0 Å². The monoisotopic (exact) mass is 220 g/mol. The molecule has 2 aromatic heterocycles. The van der Waals surface area contributed by atoms with Crippen LogP contribution in [0.25, 0.3) is 5.65 Å². The van der Waals surface area contributed by atoms with Crippen molar-refractivity contribution >= 4 is 11.5 Å². The molecule has 86 valence electrons. The highest BCUT2D eigenvalue weighted by atomic mass is 16.3. The number of hydrogen-bond donors (Lipinski definition) is 2. The van der Waals surface area contributed by atoms with E-state index in [0.29, 0.717) is 6.54 Å². The molecule has 5 nitrogen and oxygen atoms in total. The fourth-order valence-corrected chi connectivity index (χ4v) is 1.57. The molecule has 0 saturated heterocycles. The molecule has 0 fully saturated rings. The Labute approximate surface area is 94.1 Å². The van der Waals surface area contributed by atoms with Crippen molar-refractivity contribution in [2.75, 3.05) is 11.9 Å². The van der Waals surface area contributed by atoms with Gasteiger partial charge in [0.2, 0.25) is 0 Å². The maximum Gasteiger partial charge on any atom is 0.157 e. The molecule has 0 spiro atoms. The summed E-state index contributed by atoms with van der Waals surface area (Å²) in [5.74, 6) is 0.767. The summed E-state index contributed by atoms with van der Waals surface area (Å²) in [6, 6.07) is 3.69. The Balaban J connectivity index is 1.98. The standard InChI is InChI=1S/C11H16N4O/c1-2-3-9(16)8-12-10-5-7-15-11(14-10)4-6-13-15/h4-7,9,16H,2-3,8H2,1H3,(H,12,14). The van der Waals surface area contributed by atoms with Crippen LogP contribution in [0.1, 0.15) is 19.8 Å². The van der Waals surface area contributed by atoms with Crippen molar-refractivity contribution in [2.24, 2.45) is 0 Å². The first kappa shape index (κ1) is 10.9. The van der Waals surface area contributed by atoms with Gasteiger partial charge in [-0.1, -0.05) is 13.3 Å². The first-order valence-electron chi connectivity index (χ1n) is 5.52. The fraction of sp³-hybridized carbons (Fsp3) is 0.455. The topological polar surface area (TPSA) is 62.5 Å². The summed E-state index contributed by atoms with van der Waals surface area (Å²) >= 11 is 0. The second kappa shape index (κ2) is 4.94. The molecule has 2 aromatic rings. The summed E-state index contributed by atoms with van der Waals surface area (Å²) in [4.78, 5) is 4.35. The largest absolute Gasteiger partial charge is 0.391 e. The van der Waals surface area contributed by atoms with Gasteiger partial charge in [0.15, 0.2) is 5.65 Å². The molecule has 2 heterocycles. The van der Waals surface area contributed by atoms with Gasteiger partial charge in [0, 0.05) is 18.8 Å². The van der Waals surface area contributed by atoms with Crippen molar-refractivity contribution in [1.82, 2.24) is 14.6 Å². The Kier molecular flexibility index (Phi) is 3.36. The zero-order valence-corrected chi connectivity index (χ0v) is 9.30. The quantitative estimate of drug-likeness (QED) is 0.797. The average Bonchev–Trinajstić information content (AvgIpc) is 2.74. The van der Waals surface area contributed by atoms with E-state index in [1.54, 1.807) is 10.7 Å². The minimum atomic E-state index is -0.312. The maximum absolute atomic E-state index is 9.58. The molecule has 5 heteroatoms. The lowest BCUT2D eigenvalue weighted by Crippen LogP contribution is -2.19. The van der Waals surface area contributed by atoms with Crippen molar-refractivity contribution in [3.8, 4) is 0 Å². The summed E-state index contributed by atoms with van der Waals surface area (Å²) in [5, 5.41) is 16.7. The van der Waals surface area contributed by atoms with Gasteiger partial charge in [0.25, 0.3) is 0 Å². The fourth-order valence-electron chi connectivity index (χ4n) is 1.57. The molecule has 0 aromatic carbocycles. The first-order chi connectivity index (χ1) is 7.79. The zero-order chi connectivity index (χ0) is 11.4. The van der Waals surface area contributed by atoms with E-state index in [1.165, 1.54) is 0 Å². The second-order valence-electron chi connectivity index (χ2n) is 3.77. The Morgan fingerprint density at radius 1 is 1.50 bits per heavy atom. The van der Waals surface area contributed by atoms with Crippen molar-refractivity contribution in [3.05, 3.63) is 24.5 Å². The Hall–Kier alpha value is -1.62. The van der Waals surface area contributed by atoms with Gasteiger partial charge in [-0.05, 0) is 12.5 Å². The minimum absolute atomic E-state index is 0.312. The van der Waals surface area contributed by atoms with Gasteiger partial charge in [0.05, 0.1) is 12.3 Å². The van der Waals surface area contributed by atoms with E-state index in [0.717, 1.165) is 24.3 Å². The van der Waals surface area contributed by atoms with Crippen molar-refractivity contribution in [3.63, 3.8) is 0 Å². The van der Waals surface area contributed by atoms with Crippen LogP contribution in [0.2, 0.25) is 0 Å². The lowest BCUT2D eigenvalue weighted by molar-refractivity contribution is 0.176. The van der Waals surface area contributed by atoms with Crippen LogP contribution in [-0.4, -0.2) is 32.4 Å². The highest BCUT2D eigenvalue weighted by Crippen LogP contribution is 2.06. The Morgan fingerprint density at radius 2 is 2.38 bits per heavy atom. The predicted octanol–water partition coefficient (Wildman–Crippen LogP) is 1.30. The lowest BCUT2D eigenvalue weighted by Gasteiger charge is -2.10. The predicted molar refractivity (Wildman–Crippen MR) is 62.4 cm³/mol. The molecule has 1 unspecified atom stereocenters.